The third kappa shape index (κ3) is 4.95. The van der Waals surface area contributed by atoms with E-state index in [1.807, 2.05) is 41.7 Å². The molecular weight excluding hydrogens is 384 g/mol. The van der Waals surface area contributed by atoms with Crippen LogP contribution in [0.15, 0.2) is 42.5 Å². The van der Waals surface area contributed by atoms with Crippen molar-refractivity contribution in [1.82, 2.24) is 0 Å². The standard InChI is InChI=1S/C19H20N2O4S2/c1-2-25-17-8-7-13(12-16(17)21(23)24)18(22)20-15-6-3-5-14(11-15)19-26-9-4-10-27-19/h3,5-8,11-12,19H,2,4,9-10H2,1H3,(H,20,22). The van der Waals surface area contributed by atoms with E-state index in [2.05, 4.69) is 11.4 Å². The number of hydrogen-bond acceptors (Lipinski definition) is 6. The zero-order valence-electron chi connectivity index (χ0n) is 14.8. The van der Waals surface area contributed by atoms with Crippen LogP contribution in [0.5, 0.6) is 5.75 Å². The van der Waals surface area contributed by atoms with Crippen molar-refractivity contribution in [2.24, 2.45) is 0 Å². The number of nitrogens with zero attached hydrogens (tertiary/aromatic N) is 1. The summed E-state index contributed by atoms with van der Waals surface area (Å²) in [6.07, 6.45) is 1.22. The fourth-order valence-electron chi connectivity index (χ4n) is 2.73. The van der Waals surface area contributed by atoms with E-state index in [1.54, 1.807) is 6.92 Å². The summed E-state index contributed by atoms with van der Waals surface area (Å²) in [5.41, 5.74) is 1.85. The fraction of sp³-hybridized carbons (Fsp3) is 0.316. The van der Waals surface area contributed by atoms with Gasteiger partial charge in [0.05, 0.1) is 16.1 Å². The molecule has 1 heterocycles. The van der Waals surface area contributed by atoms with Crippen molar-refractivity contribution in [3.63, 3.8) is 0 Å². The highest BCUT2D eigenvalue weighted by Gasteiger charge is 2.20. The number of rotatable bonds is 6. The van der Waals surface area contributed by atoms with Crippen molar-refractivity contribution in [1.29, 1.82) is 0 Å². The highest BCUT2D eigenvalue weighted by Crippen LogP contribution is 2.44. The molecule has 0 unspecified atom stereocenters. The van der Waals surface area contributed by atoms with Gasteiger partial charge in [-0.1, -0.05) is 12.1 Å². The molecule has 142 valence electrons. The van der Waals surface area contributed by atoms with E-state index < -0.39 is 4.92 Å². The first-order valence-electron chi connectivity index (χ1n) is 8.64. The maximum atomic E-state index is 12.6. The molecule has 0 saturated carbocycles. The van der Waals surface area contributed by atoms with Gasteiger partial charge in [-0.25, -0.2) is 0 Å². The van der Waals surface area contributed by atoms with Crippen LogP contribution in [0.3, 0.4) is 0 Å². The molecule has 1 aliphatic heterocycles. The quantitative estimate of drug-likeness (QED) is 0.532. The number of benzene rings is 2. The lowest BCUT2D eigenvalue weighted by Crippen LogP contribution is -2.13. The van der Waals surface area contributed by atoms with Gasteiger partial charge in [0.15, 0.2) is 5.75 Å². The van der Waals surface area contributed by atoms with Crippen LogP contribution in [0.1, 0.15) is 33.8 Å². The number of carbonyl (C=O) groups excluding carboxylic acids is 1. The zero-order valence-corrected chi connectivity index (χ0v) is 16.5. The molecule has 0 atom stereocenters. The Morgan fingerprint density at radius 1 is 1.26 bits per heavy atom. The van der Waals surface area contributed by atoms with Gasteiger partial charge >= 0.3 is 5.69 Å². The number of ether oxygens (including phenoxy) is 1. The molecular formula is C19H20N2O4S2. The van der Waals surface area contributed by atoms with Gasteiger partial charge in [0.2, 0.25) is 0 Å². The fourth-order valence-corrected chi connectivity index (χ4v) is 5.60. The lowest BCUT2D eigenvalue weighted by Gasteiger charge is -2.21. The predicted octanol–water partition coefficient (Wildman–Crippen LogP) is 5.11. The molecule has 8 heteroatoms. The van der Waals surface area contributed by atoms with Gasteiger partial charge in [-0.3, -0.25) is 14.9 Å². The van der Waals surface area contributed by atoms with Crippen LogP contribution in [-0.4, -0.2) is 28.9 Å². The number of nitro groups is 1. The SMILES string of the molecule is CCOc1ccc(C(=O)Nc2cccc(C3SCCCS3)c2)cc1[N+](=O)[O-]. The number of nitro benzene ring substituents is 1. The zero-order chi connectivity index (χ0) is 19.2. The van der Waals surface area contributed by atoms with Gasteiger partial charge in [-0.2, -0.15) is 0 Å². The lowest BCUT2D eigenvalue weighted by molar-refractivity contribution is -0.385. The van der Waals surface area contributed by atoms with Crippen molar-refractivity contribution in [3.8, 4) is 5.75 Å². The van der Waals surface area contributed by atoms with Crippen LogP contribution >= 0.6 is 23.5 Å². The van der Waals surface area contributed by atoms with Gasteiger partial charge in [-0.05, 0) is 54.7 Å². The summed E-state index contributed by atoms with van der Waals surface area (Å²) in [6, 6.07) is 12.0. The normalized spacial score (nSPS) is 14.6. The molecule has 1 aliphatic rings. The average Bonchev–Trinajstić information content (AvgIpc) is 2.69. The van der Waals surface area contributed by atoms with E-state index in [0.717, 1.165) is 11.5 Å². The first kappa shape index (κ1) is 19.6. The molecule has 1 N–H and O–H groups in total. The highest BCUT2D eigenvalue weighted by atomic mass is 32.2. The Kier molecular flexibility index (Phi) is 6.63. The molecule has 6 nitrogen and oxygen atoms in total. The van der Waals surface area contributed by atoms with Crippen LogP contribution in [0.4, 0.5) is 11.4 Å². The largest absolute Gasteiger partial charge is 0.487 e. The molecule has 1 amide bonds. The number of carbonyl (C=O) groups is 1. The predicted molar refractivity (Wildman–Crippen MR) is 111 cm³/mol. The van der Waals surface area contributed by atoms with Crippen LogP contribution < -0.4 is 10.1 Å². The Morgan fingerprint density at radius 2 is 2.04 bits per heavy atom. The van der Waals surface area contributed by atoms with Crippen LogP contribution in [0.2, 0.25) is 0 Å². The minimum absolute atomic E-state index is 0.160. The Balaban J connectivity index is 1.77. The van der Waals surface area contributed by atoms with E-state index in [0.29, 0.717) is 16.9 Å². The smallest absolute Gasteiger partial charge is 0.311 e. The molecule has 2 aromatic rings. The second kappa shape index (κ2) is 9.14. The summed E-state index contributed by atoms with van der Waals surface area (Å²) in [5, 5.41) is 14.1. The van der Waals surface area contributed by atoms with Crippen LogP contribution in [0.25, 0.3) is 0 Å². The summed E-state index contributed by atoms with van der Waals surface area (Å²) in [7, 11) is 0. The Labute approximate surface area is 166 Å². The van der Waals surface area contributed by atoms with Gasteiger partial charge in [0.1, 0.15) is 0 Å². The number of amides is 1. The first-order valence-corrected chi connectivity index (χ1v) is 10.7. The molecule has 27 heavy (non-hydrogen) atoms. The number of anilines is 1. The van der Waals surface area contributed by atoms with E-state index in [-0.39, 0.29) is 22.9 Å². The molecule has 0 bridgehead atoms. The van der Waals surface area contributed by atoms with Crippen LogP contribution in [0, 0.1) is 10.1 Å². The lowest BCUT2D eigenvalue weighted by atomic mass is 10.1. The number of thioether (sulfide) groups is 2. The van der Waals surface area contributed by atoms with Crippen molar-refractivity contribution in [2.75, 3.05) is 23.4 Å². The molecule has 0 aromatic heterocycles. The summed E-state index contributed by atoms with van der Waals surface area (Å²) in [5.74, 6) is 2.06. The van der Waals surface area contributed by atoms with E-state index in [9.17, 15) is 14.9 Å². The van der Waals surface area contributed by atoms with E-state index >= 15 is 0 Å². The second-order valence-electron chi connectivity index (χ2n) is 5.88. The maximum Gasteiger partial charge on any atom is 0.311 e. The Bertz CT molecular complexity index is 838. The van der Waals surface area contributed by atoms with Crippen LogP contribution in [-0.2, 0) is 0 Å². The van der Waals surface area contributed by atoms with Gasteiger partial charge < -0.3 is 10.1 Å². The molecule has 2 aromatic carbocycles. The van der Waals surface area contributed by atoms with Gasteiger partial charge in [-0.15, -0.1) is 23.5 Å². The van der Waals surface area contributed by atoms with Gasteiger partial charge in [0.25, 0.3) is 5.91 Å². The first-order chi connectivity index (χ1) is 13.1. The molecule has 0 aliphatic carbocycles. The Hall–Kier alpha value is -2.19. The summed E-state index contributed by atoms with van der Waals surface area (Å²) >= 11 is 3.83. The van der Waals surface area contributed by atoms with E-state index in [4.69, 9.17) is 4.74 Å². The molecule has 1 saturated heterocycles. The monoisotopic (exact) mass is 404 g/mol. The van der Waals surface area contributed by atoms with Crippen molar-refractivity contribution in [2.45, 2.75) is 17.9 Å². The second-order valence-corrected chi connectivity index (χ2v) is 8.60. The summed E-state index contributed by atoms with van der Waals surface area (Å²) in [6.45, 7) is 2.07. The number of hydrogen-bond donors (Lipinski definition) is 1. The molecule has 0 radical (unpaired) electrons. The molecule has 1 fully saturated rings. The average molecular weight is 405 g/mol. The summed E-state index contributed by atoms with van der Waals surface area (Å²) < 4.78 is 5.63. The van der Waals surface area contributed by atoms with Crippen molar-refractivity contribution >= 4 is 40.8 Å². The topological polar surface area (TPSA) is 81.5 Å². The minimum atomic E-state index is -0.542. The molecule has 3 rings (SSSR count). The van der Waals surface area contributed by atoms with Gasteiger partial charge in [0, 0.05) is 17.3 Å². The Morgan fingerprint density at radius 3 is 2.74 bits per heavy atom. The van der Waals surface area contributed by atoms with Crippen molar-refractivity contribution in [3.05, 3.63) is 63.7 Å². The third-order valence-corrected chi connectivity index (χ3v) is 6.98. The highest BCUT2D eigenvalue weighted by molar-refractivity contribution is 8.16. The third-order valence-electron chi connectivity index (χ3n) is 3.96. The van der Waals surface area contributed by atoms with E-state index in [1.165, 1.54) is 30.2 Å². The molecule has 0 spiro atoms. The minimum Gasteiger partial charge on any atom is -0.487 e. The van der Waals surface area contributed by atoms with Crippen molar-refractivity contribution < 1.29 is 14.5 Å². The maximum absolute atomic E-state index is 12.6. The summed E-state index contributed by atoms with van der Waals surface area (Å²) in [4.78, 5) is 23.3. The number of nitrogens with one attached hydrogen (secondary N) is 1.